The zero-order valence-electron chi connectivity index (χ0n) is 20.3. The summed E-state index contributed by atoms with van der Waals surface area (Å²) in [7, 11) is 0. The number of ether oxygens (including phenoxy) is 2. The van der Waals surface area contributed by atoms with Crippen LogP contribution in [0, 0.1) is 22.4 Å². The minimum Gasteiger partial charge on any atom is -0.494 e. The van der Waals surface area contributed by atoms with Gasteiger partial charge in [-0.2, -0.15) is 15.1 Å². The Morgan fingerprint density at radius 1 is 1.18 bits per heavy atom. The number of aliphatic imine (C=N–C) groups is 1. The number of hydrogen-bond donors (Lipinski definition) is 1. The Morgan fingerprint density at radius 3 is 2.76 bits per heavy atom. The van der Waals surface area contributed by atoms with Crippen LogP contribution in [0.5, 0.6) is 11.5 Å². The van der Waals surface area contributed by atoms with Crippen LogP contribution in [0.1, 0.15) is 18.2 Å². The predicted octanol–water partition coefficient (Wildman–Crippen LogP) is 5.26. The van der Waals surface area contributed by atoms with Gasteiger partial charge in [-0.05, 0) is 67.6 Å². The average Bonchev–Trinajstić information content (AvgIpc) is 3.53. The van der Waals surface area contributed by atoms with Crippen LogP contribution in [0.15, 0.2) is 74.7 Å². The predicted molar refractivity (Wildman–Crippen MR) is 144 cm³/mol. The number of amides is 1. The average molecular weight is 532 g/mol. The van der Waals surface area contributed by atoms with Crippen molar-refractivity contribution >= 4 is 45.5 Å². The van der Waals surface area contributed by atoms with Gasteiger partial charge in [0.1, 0.15) is 34.7 Å². The number of carbonyl (C=O) groups is 1. The summed E-state index contributed by atoms with van der Waals surface area (Å²) in [4.78, 5) is 27.9. The van der Waals surface area contributed by atoms with Gasteiger partial charge in [-0.15, -0.1) is 0 Å². The first-order chi connectivity index (χ1) is 18.3. The molecule has 0 aliphatic carbocycles. The third-order valence-corrected chi connectivity index (χ3v) is 6.48. The molecule has 2 aromatic carbocycles. The second kappa shape index (κ2) is 10.3. The largest absolute Gasteiger partial charge is 0.494 e. The maximum atomic E-state index is 12.7. The van der Waals surface area contributed by atoms with E-state index in [1.165, 1.54) is 17.2 Å². The van der Waals surface area contributed by atoms with E-state index in [2.05, 4.69) is 10.1 Å². The third kappa shape index (κ3) is 4.93. The van der Waals surface area contributed by atoms with E-state index in [-0.39, 0.29) is 46.0 Å². The number of hydrazone groups is 1. The van der Waals surface area contributed by atoms with Crippen LogP contribution in [0.2, 0.25) is 0 Å². The fraction of sp³-hybridized carbons (Fsp3) is 0.154. The number of nitrogens with one attached hydrogen (secondary N) is 1. The van der Waals surface area contributed by atoms with Crippen LogP contribution in [-0.4, -0.2) is 45.1 Å². The number of furan rings is 1. The molecule has 2 aliphatic rings. The van der Waals surface area contributed by atoms with E-state index in [4.69, 9.17) is 19.3 Å². The number of nitro groups is 1. The molecular formula is C26H21N5O6S. The number of amidine groups is 2. The lowest BCUT2D eigenvalue weighted by atomic mass is 10.1. The van der Waals surface area contributed by atoms with Crippen LogP contribution >= 0.6 is 11.8 Å². The Labute approximate surface area is 221 Å². The molecule has 1 amide bonds. The minimum atomic E-state index is -0.616. The molecule has 3 heterocycles. The molecule has 0 radical (unpaired) electrons. The smallest absolute Gasteiger partial charge is 0.284 e. The summed E-state index contributed by atoms with van der Waals surface area (Å²) in [5, 5.41) is 26.6. The number of para-hydroxylation sites is 1. The molecule has 0 fully saturated rings. The molecule has 0 saturated carbocycles. The highest BCUT2D eigenvalue weighted by molar-refractivity contribution is 8.27. The molecule has 12 heteroatoms. The first-order valence-corrected chi connectivity index (χ1v) is 12.3. The fourth-order valence-corrected chi connectivity index (χ4v) is 4.59. The van der Waals surface area contributed by atoms with E-state index < -0.39 is 10.8 Å². The van der Waals surface area contributed by atoms with E-state index >= 15 is 0 Å². The summed E-state index contributed by atoms with van der Waals surface area (Å²) in [6, 6.07) is 15.2. The van der Waals surface area contributed by atoms with Gasteiger partial charge < -0.3 is 13.9 Å². The lowest BCUT2D eigenvalue weighted by Crippen LogP contribution is -2.35. The zero-order chi connectivity index (χ0) is 26.8. The van der Waals surface area contributed by atoms with Gasteiger partial charge in [0.25, 0.3) is 11.6 Å². The van der Waals surface area contributed by atoms with Crippen LogP contribution in [0.25, 0.3) is 17.4 Å². The molecule has 11 nitrogen and oxygen atoms in total. The Kier molecular flexibility index (Phi) is 6.79. The van der Waals surface area contributed by atoms with E-state index in [1.807, 2.05) is 31.2 Å². The Balaban J connectivity index is 1.36. The van der Waals surface area contributed by atoms with Crippen molar-refractivity contribution in [1.29, 1.82) is 5.41 Å². The van der Waals surface area contributed by atoms with Crippen molar-refractivity contribution in [1.82, 2.24) is 5.01 Å². The standard InChI is InChI=1S/C26H21N5O6S/c1-3-35-16-8-10-18(20(13-16)31(33)34)22-11-9-17(37-22)12-19-24(27)30-26(28-25(19)32)38-23(29-30)14-36-21-7-5-4-6-15(21)2/h4-13,27H,3,14H2,1-2H3/b19-12+,27-24?. The number of aryl methyl sites for hydroxylation is 1. The first-order valence-electron chi connectivity index (χ1n) is 11.5. The lowest BCUT2D eigenvalue weighted by Gasteiger charge is -2.19. The highest BCUT2D eigenvalue weighted by atomic mass is 32.2. The number of benzene rings is 2. The van der Waals surface area contributed by atoms with Gasteiger partial charge in [0.2, 0.25) is 5.17 Å². The quantitative estimate of drug-likeness (QED) is 0.235. The number of nitro benzene ring substituents is 1. The molecule has 0 bridgehead atoms. The molecule has 5 rings (SSSR count). The Morgan fingerprint density at radius 2 is 2.00 bits per heavy atom. The van der Waals surface area contributed by atoms with E-state index in [0.29, 0.717) is 17.4 Å². The first kappa shape index (κ1) is 25.0. The number of rotatable bonds is 8. The zero-order valence-corrected chi connectivity index (χ0v) is 21.2. The van der Waals surface area contributed by atoms with E-state index in [9.17, 15) is 14.9 Å². The highest BCUT2D eigenvalue weighted by Crippen LogP contribution is 2.35. The van der Waals surface area contributed by atoms with Gasteiger partial charge in [0.15, 0.2) is 5.84 Å². The van der Waals surface area contributed by atoms with Crippen LogP contribution in [-0.2, 0) is 4.79 Å². The molecule has 1 aromatic heterocycles. The van der Waals surface area contributed by atoms with Crippen molar-refractivity contribution in [2.24, 2.45) is 10.1 Å². The molecule has 1 N–H and O–H groups in total. The van der Waals surface area contributed by atoms with Crippen molar-refractivity contribution in [2.45, 2.75) is 13.8 Å². The molecule has 0 atom stereocenters. The molecule has 3 aromatic rings. The van der Waals surface area contributed by atoms with Crippen molar-refractivity contribution < 1.29 is 23.6 Å². The highest BCUT2D eigenvalue weighted by Gasteiger charge is 2.36. The maximum absolute atomic E-state index is 12.7. The van der Waals surface area contributed by atoms with Crippen LogP contribution in [0.3, 0.4) is 0 Å². The Bertz CT molecular complexity index is 1560. The van der Waals surface area contributed by atoms with Crippen molar-refractivity contribution in [2.75, 3.05) is 13.2 Å². The fourth-order valence-electron chi connectivity index (χ4n) is 3.79. The second-order valence-corrected chi connectivity index (χ2v) is 9.18. The summed E-state index contributed by atoms with van der Waals surface area (Å²) in [6.07, 6.45) is 1.37. The number of fused-ring (bicyclic) bond motifs is 1. The molecule has 192 valence electrons. The lowest BCUT2D eigenvalue weighted by molar-refractivity contribution is -0.384. The number of carbonyl (C=O) groups excluding carboxylic acids is 1. The molecule has 0 spiro atoms. The van der Waals surface area contributed by atoms with Crippen molar-refractivity contribution in [3.63, 3.8) is 0 Å². The summed E-state index contributed by atoms with van der Waals surface area (Å²) in [5.74, 6) is 0.776. The summed E-state index contributed by atoms with van der Waals surface area (Å²) < 4.78 is 17.0. The molecular weight excluding hydrogens is 510 g/mol. The van der Waals surface area contributed by atoms with E-state index in [1.54, 1.807) is 31.2 Å². The second-order valence-electron chi connectivity index (χ2n) is 8.14. The summed E-state index contributed by atoms with van der Waals surface area (Å²) in [5.41, 5.74) is 1.03. The van der Waals surface area contributed by atoms with Crippen LogP contribution < -0.4 is 9.47 Å². The Hall–Kier alpha value is -4.71. The normalized spacial score (nSPS) is 15.8. The third-order valence-electron chi connectivity index (χ3n) is 5.60. The maximum Gasteiger partial charge on any atom is 0.284 e. The number of hydrogen-bond acceptors (Lipinski definition) is 9. The molecule has 0 saturated heterocycles. The van der Waals surface area contributed by atoms with E-state index in [0.717, 1.165) is 23.1 Å². The van der Waals surface area contributed by atoms with Crippen molar-refractivity contribution in [3.8, 4) is 22.8 Å². The molecule has 38 heavy (non-hydrogen) atoms. The van der Waals surface area contributed by atoms with Gasteiger partial charge in [0, 0.05) is 0 Å². The van der Waals surface area contributed by atoms with Crippen LogP contribution in [0.4, 0.5) is 5.69 Å². The minimum absolute atomic E-state index is 0.0266. The monoisotopic (exact) mass is 531 g/mol. The SMILES string of the molecule is CCOc1ccc(-c2ccc(/C=C3\C(=N)N4N=C(COc5ccccc5C)SC4=NC3=O)o2)c([N+](=O)[O-])c1. The molecule has 0 unspecified atom stereocenters. The van der Waals surface area contributed by atoms with Gasteiger partial charge in [-0.3, -0.25) is 20.3 Å². The van der Waals surface area contributed by atoms with Gasteiger partial charge in [-0.1, -0.05) is 18.2 Å². The number of thioether (sulfide) groups is 1. The topological polar surface area (TPSA) is 144 Å². The summed E-state index contributed by atoms with van der Waals surface area (Å²) in [6.45, 7) is 4.26. The molecule has 2 aliphatic heterocycles. The van der Waals surface area contributed by atoms with Gasteiger partial charge in [0.05, 0.1) is 28.7 Å². The number of nitrogens with zero attached hydrogens (tertiary/aromatic N) is 4. The summed E-state index contributed by atoms with van der Waals surface area (Å²) >= 11 is 1.16. The van der Waals surface area contributed by atoms with Gasteiger partial charge >= 0.3 is 0 Å². The van der Waals surface area contributed by atoms with Gasteiger partial charge in [-0.25, -0.2) is 0 Å². The van der Waals surface area contributed by atoms with Crippen molar-refractivity contribution in [3.05, 3.63) is 81.6 Å².